The summed E-state index contributed by atoms with van der Waals surface area (Å²) in [4.78, 5) is 11.4. The Morgan fingerprint density at radius 3 is 2.50 bits per heavy atom. The molecular formula is C11H9F5O2. The van der Waals surface area contributed by atoms with Gasteiger partial charge in [-0.2, -0.15) is 22.0 Å². The van der Waals surface area contributed by atoms with Crippen LogP contribution in [-0.2, 0) is 0 Å². The molecule has 0 atom stereocenters. The van der Waals surface area contributed by atoms with Gasteiger partial charge in [-0.25, -0.2) is 0 Å². The van der Waals surface area contributed by atoms with Gasteiger partial charge in [-0.1, -0.05) is 12.1 Å². The maximum atomic E-state index is 11.9. The molecule has 0 aromatic heterocycles. The minimum Gasteiger partial charge on any atom is -0.435 e. The molecule has 0 radical (unpaired) electrons. The van der Waals surface area contributed by atoms with Gasteiger partial charge in [0.2, 0.25) is 0 Å². The van der Waals surface area contributed by atoms with Gasteiger partial charge >= 0.3 is 12.8 Å². The zero-order valence-corrected chi connectivity index (χ0v) is 9.01. The van der Waals surface area contributed by atoms with E-state index in [9.17, 15) is 26.7 Å². The van der Waals surface area contributed by atoms with Crippen LogP contribution in [0.2, 0.25) is 0 Å². The van der Waals surface area contributed by atoms with Gasteiger partial charge < -0.3 is 4.74 Å². The molecule has 0 spiro atoms. The number of rotatable bonds is 5. The Labute approximate surface area is 99.4 Å². The van der Waals surface area contributed by atoms with Gasteiger partial charge in [0.15, 0.2) is 5.78 Å². The Bertz CT molecular complexity index is 414. The van der Waals surface area contributed by atoms with Crippen LogP contribution in [0.5, 0.6) is 5.75 Å². The Kier molecular flexibility index (Phi) is 4.63. The zero-order valence-electron chi connectivity index (χ0n) is 9.01. The van der Waals surface area contributed by atoms with E-state index >= 15 is 0 Å². The van der Waals surface area contributed by atoms with Crippen molar-refractivity contribution in [3.05, 3.63) is 29.8 Å². The van der Waals surface area contributed by atoms with Crippen molar-refractivity contribution in [1.82, 2.24) is 0 Å². The van der Waals surface area contributed by atoms with E-state index in [0.717, 1.165) is 6.07 Å². The first kappa shape index (κ1) is 14.4. The standard InChI is InChI=1S/C11H9F5O2/c12-10(13)18-8-3-1-2-7(6-8)9(17)4-5-11(14,15)16/h1-3,6,10H,4-5H2. The number of carbonyl (C=O) groups is 1. The van der Waals surface area contributed by atoms with Crippen LogP contribution in [0, 0.1) is 0 Å². The van der Waals surface area contributed by atoms with E-state index in [4.69, 9.17) is 0 Å². The number of ketones is 1. The van der Waals surface area contributed by atoms with Crippen LogP contribution in [0.15, 0.2) is 24.3 Å². The quantitative estimate of drug-likeness (QED) is 0.599. The van der Waals surface area contributed by atoms with Crippen molar-refractivity contribution in [3.63, 3.8) is 0 Å². The number of halogens is 5. The van der Waals surface area contributed by atoms with Crippen molar-refractivity contribution in [1.29, 1.82) is 0 Å². The van der Waals surface area contributed by atoms with Crippen molar-refractivity contribution >= 4 is 5.78 Å². The Morgan fingerprint density at radius 2 is 1.94 bits per heavy atom. The van der Waals surface area contributed by atoms with E-state index in [2.05, 4.69) is 4.74 Å². The molecule has 1 aromatic carbocycles. The highest BCUT2D eigenvalue weighted by atomic mass is 19.4. The molecule has 0 bridgehead atoms. The third-order valence-corrected chi connectivity index (χ3v) is 2.02. The monoisotopic (exact) mass is 268 g/mol. The first-order valence-electron chi connectivity index (χ1n) is 4.93. The number of alkyl halides is 5. The van der Waals surface area contributed by atoms with Crippen LogP contribution in [0.1, 0.15) is 23.2 Å². The van der Waals surface area contributed by atoms with Crippen LogP contribution in [0.3, 0.4) is 0 Å². The number of hydrogen-bond acceptors (Lipinski definition) is 2. The average molecular weight is 268 g/mol. The van der Waals surface area contributed by atoms with E-state index in [1.807, 2.05) is 0 Å². The van der Waals surface area contributed by atoms with Gasteiger partial charge in [-0.15, -0.1) is 0 Å². The maximum Gasteiger partial charge on any atom is 0.389 e. The Balaban J connectivity index is 2.68. The van der Waals surface area contributed by atoms with Gasteiger partial charge in [0.05, 0.1) is 6.42 Å². The first-order chi connectivity index (χ1) is 8.28. The third-order valence-electron chi connectivity index (χ3n) is 2.02. The lowest BCUT2D eigenvalue weighted by Gasteiger charge is -2.07. The highest BCUT2D eigenvalue weighted by Crippen LogP contribution is 2.23. The molecule has 0 aliphatic carbocycles. The molecule has 100 valence electrons. The van der Waals surface area contributed by atoms with Gasteiger partial charge in [-0.3, -0.25) is 4.79 Å². The minimum atomic E-state index is -4.42. The first-order valence-corrected chi connectivity index (χ1v) is 4.93. The summed E-state index contributed by atoms with van der Waals surface area (Å²) in [6.07, 6.45) is -6.39. The molecule has 0 fully saturated rings. The van der Waals surface area contributed by atoms with Gasteiger partial charge in [0, 0.05) is 12.0 Å². The van der Waals surface area contributed by atoms with Crippen molar-refractivity contribution in [3.8, 4) is 5.75 Å². The molecule has 0 heterocycles. The van der Waals surface area contributed by atoms with Crippen LogP contribution < -0.4 is 4.74 Å². The molecule has 0 unspecified atom stereocenters. The Morgan fingerprint density at radius 1 is 1.28 bits per heavy atom. The normalized spacial score (nSPS) is 11.7. The predicted molar refractivity (Wildman–Crippen MR) is 52.7 cm³/mol. The maximum absolute atomic E-state index is 11.9. The number of ether oxygens (including phenoxy) is 1. The van der Waals surface area contributed by atoms with Crippen molar-refractivity contribution in [2.75, 3.05) is 0 Å². The van der Waals surface area contributed by atoms with Crippen molar-refractivity contribution < 1.29 is 31.5 Å². The summed E-state index contributed by atoms with van der Waals surface area (Å²) in [7, 11) is 0. The fourth-order valence-corrected chi connectivity index (χ4v) is 1.25. The van der Waals surface area contributed by atoms with Crippen LogP contribution >= 0.6 is 0 Å². The fraction of sp³-hybridized carbons (Fsp3) is 0.364. The zero-order chi connectivity index (χ0) is 13.8. The molecule has 18 heavy (non-hydrogen) atoms. The van der Waals surface area contributed by atoms with Crippen LogP contribution in [0.4, 0.5) is 22.0 Å². The fourth-order valence-electron chi connectivity index (χ4n) is 1.25. The summed E-state index contributed by atoms with van der Waals surface area (Å²) in [6, 6.07) is 4.69. The van der Waals surface area contributed by atoms with E-state index < -0.39 is 31.4 Å². The second kappa shape index (κ2) is 5.79. The minimum absolute atomic E-state index is 0.0857. The summed E-state index contributed by atoms with van der Waals surface area (Å²) in [5.74, 6) is -1.03. The molecule has 0 aliphatic heterocycles. The van der Waals surface area contributed by atoms with E-state index in [0.29, 0.717) is 0 Å². The average Bonchev–Trinajstić information content (AvgIpc) is 2.24. The van der Waals surface area contributed by atoms with E-state index in [1.165, 1.54) is 18.2 Å². The molecule has 0 N–H and O–H groups in total. The smallest absolute Gasteiger partial charge is 0.389 e. The molecule has 0 saturated heterocycles. The summed E-state index contributed by atoms with van der Waals surface area (Å²) in [5.41, 5.74) is -0.0857. The summed E-state index contributed by atoms with van der Waals surface area (Å²) < 4.78 is 63.6. The number of benzene rings is 1. The lowest BCUT2D eigenvalue weighted by atomic mass is 10.1. The van der Waals surface area contributed by atoms with Crippen LogP contribution in [-0.4, -0.2) is 18.6 Å². The highest BCUT2D eigenvalue weighted by Gasteiger charge is 2.28. The van der Waals surface area contributed by atoms with E-state index in [1.54, 1.807) is 0 Å². The topological polar surface area (TPSA) is 26.3 Å². The molecule has 2 nitrogen and oxygen atoms in total. The Hall–Kier alpha value is -1.66. The molecule has 0 aliphatic rings. The van der Waals surface area contributed by atoms with Gasteiger partial charge in [0.1, 0.15) is 5.75 Å². The lowest BCUT2D eigenvalue weighted by Crippen LogP contribution is -2.11. The van der Waals surface area contributed by atoms with Gasteiger partial charge in [-0.05, 0) is 12.1 Å². The second-order valence-corrected chi connectivity index (χ2v) is 3.44. The molecule has 1 rings (SSSR count). The highest BCUT2D eigenvalue weighted by molar-refractivity contribution is 5.96. The SMILES string of the molecule is O=C(CCC(F)(F)F)c1cccc(OC(F)F)c1. The number of carbonyl (C=O) groups excluding carboxylic acids is 1. The van der Waals surface area contributed by atoms with Crippen molar-refractivity contribution in [2.24, 2.45) is 0 Å². The second-order valence-electron chi connectivity index (χ2n) is 3.44. The predicted octanol–water partition coefficient (Wildman–Crippen LogP) is 3.81. The van der Waals surface area contributed by atoms with Crippen LogP contribution in [0.25, 0.3) is 0 Å². The third kappa shape index (κ3) is 5.11. The molecule has 0 amide bonds. The van der Waals surface area contributed by atoms with E-state index in [-0.39, 0.29) is 11.3 Å². The van der Waals surface area contributed by atoms with Crippen molar-refractivity contribution in [2.45, 2.75) is 25.6 Å². The lowest BCUT2D eigenvalue weighted by molar-refractivity contribution is -0.133. The number of Topliss-reactive ketones (excluding diaryl/α,β-unsaturated/α-hetero) is 1. The summed E-state index contributed by atoms with van der Waals surface area (Å²) in [6.45, 7) is -3.05. The largest absolute Gasteiger partial charge is 0.435 e. The molecule has 7 heteroatoms. The summed E-state index contributed by atoms with van der Waals surface area (Å²) >= 11 is 0. The molecular weight excluding hydrogens is 259 g/mol. The molecule has 0 saturated carbocycles. The summed E-state index contributed by atoms with van der Waals surface area (Å²) in [5, 5.41) is 0. The van der Waals surface area contributed by atoms with Gasteiger partial charge in [0.25, 0.3) is 0 Å². The number of hydrogen-bond donors (Lipinski definition) is 0. The molecule has 1 aromatic rings.